The molecular formula is C8H15ClO. The van der Waals surface area contributed by atoms with E-state index in [1.807, 2.05) is 6.92 Å². The molecule has 1 nitrogen and oxygen atoms in total. The molecule has 0 bridgehead atoms. The van der Waals surface area contributed by atoms with E-state index in [0.29, 0.717) is 5.38 Å². The standard InChI is InChI=1S/C8H15ClO/c1-2-10-6-7-3-4-8(9)5-7/h7-8H,2-6H2,1H3. The molecule has 60 valence electrons. The van der Waals surface area contributed by atoms with Crippen LogP contribution in [0, 0.1) is 5.92 Å². The van der Waals surface area contributed by atoms with E-state index in [4.69, 9.17) is 16.3 Å². The van der Waals surface area contributed by atoms with Gasteiger partial charge in [-0.25, -0.2) is 0 Å². The summed E-state index contributed by atoms with van der Waals surface area (Å²) in [4.78, 5) is 0. The Labute approximate surface area is 67.7 Å². The SMILES string of the molecule is CCOCC1CCC(Cl)C1. The Bertz CT molecular complexity index is 95.3. The fourth-order valence-corrected chi connectivity index (χ4v) is 1.83. The lowest BCUT2D eigenvalue weighted by atomic mass is 10.1. The molecule has 1 aliphatic rings. The molecule has 2 atom stereocenters. The predicted octanol–water partition coefficient (Wildman–Crippen LogP) is 2.43. The minimum Gasteiger partial charge on any atom is -0.381 e. The fraction of sp³-hybridized carbons (Fsp3) is 1.00. The second-order valence-corrected chi connectivity index (χ2v) is 3.55. The molecule has 0 aromatic heterocycles. The van der Waals surface area contributed by atoms with Crippen molar-refractivity contribution in [3.05, 3.63) is 0 Å². The van der Waals surface area contributed by atoms with Gasteiger partial charge in [0.05, 0.1) is 0 Å². The van der Waals surface area contributed by atoms with E-state index in [1.165, 1.54) is 12.8 Å². The maximum Gasteiger partial charge on any atom is 0.0494 e. The molecule has 0 aromatic carbocycles. The molecule has 2 unspecified atom stereocenters. The molecule has 0 aliphatic heterocycles. The summed E-state index contributed by atoms with van der Waals surface area (Å²) < 4.78 is 5.31. The molecule has 10 heavy (non-hydrogen) atoms. The monoisotopic (exact) mass is 162 g/mol. The van der Waals surface area contributed by atoms with Gasteiger partial charge < -0.3 is 4.74 Å². The van der Waals surface area contributed by atoms with E-state index in [2.05, 4.69) is 0 Å². The van der Waals surface area contributed by atoms with Crippen molar-refractivity contribution in [3.63, 3.8) is 0 Å². The Morgan fingerprint density at radius 3 is 2.80 bits per heavy atom. The number of rotatable bonds is 3. The summed E-state index contributed by atoms with van der Waals surface area (Å²) >= 11 is 5.93. The van der Waals surface area contributed by atoms with Gasteiger partial charge in [-0.15, -0.1) is 11.6 Å². The van der Waals surface area contributed by atoms with Gasteiger partial charge in [-0.1, -0.05) is 0 Å². The lowest BCUT2D eigenvalue weighted by molar-refractivity contribution is 0.112. The summed E-state index contributed by atoms with van der Waals surface area (Å²) in [5.41, 5.74) is 0. The summed E-state index contributed by atoms with van der Waals surface area (Å²) in [7, 11) is 0. The van der Waals surface area contributed by atoms with Gasteiger partial charge in [0, 0.05) is 18.6 Å². The lowest BCUT2D eigenvalue weighted by Gasteiger charge is -2.07. The molecule has 1 fully saturated rings. The van der Waals surface area contributed by atoms with Crippen molar-refractivity contribution < 1.29 is 4.74 Å². The van der Waals surface area contributed by atoms with Gasteiger partial charge in [-0.2, -0.15) is 0 Å². The molecule has 1 rings (SSSR count). The van der Waals surface area contributed by atoms with Crippen molar-refractivity contribution in [1.29, 1.82) is 0 Å². The molecule has 0 amide bonds. The molecule has 0 heterocycles. The molecule has 0 N–H and O–H groups in total. The summed E-state index contributed by atoms with van der Waals surface area (Å²) in [5, 5.41) is 0.422. The summed E-state index contributed by atoms with van der Waals surface area (Å²) in [6.45, 7) is 3.79. The Hall–Kier alpha value is 0.250. The molecule has 0 radical (unpaired) electrons. The fourth-order valence-electron chi connectivity index (χ4n) is 1.45. The third-order valence-electron chi connectivity index (χ3n) is 2.03. The van der Waals surface area contributed by atoms with Crippen LogP contribution in [-0.4, -0.2) is 18.6 Å². The van der Waals surface area contributed by atoms with Gasteiger partial charge in [0.1, 0.15) is 0 Å². The predicted molar refractivity (Wildman–Crippen MR) is 43.5 cm³/mol. The lowest BCUT2D eigenvalue weighted by Crippen LogP contribution is -2.05. The molecule has 0 aromatic rings. The van der Waals surface area contributed by atoms with Crippen molar-refractivity contribution in [3.8, 4) is 0 Å². The Morgan fingerprint density at radius 1 is 1.50 bits per heavy atom. The van der Waals surface area contributed by atoms with Crippen LogP contribution in [0.5, 0.6) is 0 Å². The van der Waals surface area contributed by atoms with E-state index in [9.17, 15) is 0 Å². The van der Waals surface area contributed by atoms with Crippen LogP contribution in [0.15, 0.2) is 0 Å². The largest absolute Gasteiger partial charge is 0.381 e. The highest BCUT2D eigenvalue weighted by Crippen LogP contribution is 2.29. The van der Waals surface area contributed by atoms with E-state index in [1.54, 1.807) is 0 Å². The molecule has 0 spiro atoms. The van der Waals surface area contributed by atoms with E-state index in [0.717, 1.165) is 25.6 Å². The number of halogens is 1. The topological polar surface area (TPSA) is 9.23 Å². The van der Waals surface area contributed by atoms with Crippen LogP contribution in [0.1, 0.15) is 26.2 Å². The number of ether oxygens (including phenoxy) is 1. The van der Waals surface area contributed by atoms with Gasteiger partial charge in [0.25, 0.3) is 0 Å². The highest BCUT2D eigenvalue weighted by Gasteiger charge is 2.22. The van der Waals surface area contributed by atoms with Crippen LogP contribution >= 0.6 is 11.6 Å². The maximum absolute atomic E-state index is 5.93. The van der Waals surface area contributed by atoms with E-state index in [-0.39, 0.29) is 0 Å². The highest BCUT2D eigenvalue weighted by molar-refractivity contribution is 6.20. The van der Waals surface area contributed by atoms with Crippen LogP contribution in [-0.2, 0) is 4.74 Å². The first kappa shape index (κ1) is 8.35. The van der Waals surface area contributed by atoms with Gasteiger partial charge in [-0.05, 0) is 32.1 Å². The van der Waals surface area contributed by atoms with Crippen molar-refractivity contribution >= 4 is 11.6 Å². The number of hydrogen-bond acceptors (Lipinski definition) is 1. The van der Waals surface area contributed by atoms with Crippen LogP contribution in [0.2, 0.25) is 0 Å². The van der Waals surface area contributed by atoms with Crippen LogP contribution in [0.4, 0.5) is 0 Å². The quantitative estimate of drug-likeness (QED) is 0.580. The van der Waals surface area contributed by atoms with Crippen molar-refractivity contribution in [2.45, 2.75) is 31.6 Å². The second-order valence-electron chi connectivity index (χ2n) is 2.94. The third-order valence-corrected chi connectivity index (χ3v) is 2.43. The first-order valence-corrected chi connectivity index (χ1v) is 4.48. The van der Waals surface area contributed by atoms with Crippen molar-refractivity contribution in [1.82, 2.24) is 0 Å². The maximum atomic E-state index is 5.93. The van der Waals surface area contributed by atoms with Gasteiger partial charge in [0.15, 0.2) is 0 Å². The van der Waals surface area contributed by atoms with Crippen LogP contribution in [0.3, 0.4) is 0 Å². The Kier molecular flexibility index (Phi) is 3.50. The van der Waals surface area contributed by atoms with Gasteiger partial charge in [-0.3, -0.25) is 0 Å². The smallest absolute Gasteiger partial charge is 0.0494 e. The average Bonchev–Trinajstić information content (AvgIpc) is 2.31. The molecule has 0 saturated heterocycles. The third kappa shape index (κ3) is 2.47. The minimum absolute atomic E-state index is 0.422. The zero-order chi connectivity index (χ0) is 7.40. The van der Waals surface area contributed by atoms with Crippen LogP contribution < -0.4 is 0 Å². The number of alkyl halides is 1. The normalized spacial score (nSPS) is 33.0. The number of hydrogen-bond donors (Lipinski definition) is 0. The average molecular weight is 163 g/mol. The van der Waals surface area contributed by atoms with Crippen molar-refractivity contribution in [2.24, 2.45) is 5.92 Å². The summed E-state index contributed by atoms with van der Waals surface area (Å²) in [6, 6.07) is 0. The van der Waals surface area contributed by atoms with Gasteiger partial charge in [0.2, 0.25) is 0 Å². The minimum atomic E-state index is 0.422. The first-order valence-electron chi connectivity index (χ1n) is 4.04. The molecular weight excluding hydrogens is 148 g/mol. The zero-order valence-electron chi connectivity index (χ0n) is 6.48. The Balaban J connectivity index is 2.06. The summed E-state index contributed by atoms with van der Waals surface area (Å²) in [6.07, 6.45) is 3.59. The summed E-state index contributed by atoms with van der Waals surface area (Å²) in [5.74, 6) is 0.738. The highest BCUT2D eigenvalue weighted by atomic mass is 35.5. The molecule has 1 aliphatic carbocycles. The first-order chi connectivity index (χ1) is 4.83. The van der Waals surface area contributed by atoms with E-state index < -0.39 is 0 Å². The van der Waals surface area contributed by atoms with E-state index >= 15 is 0 Å². The Morgan fingerprint density at radius 2 is 2.30 bits per heavy atom. The van der Waals surface area contributed by atoms with Crippen molar-refractivity contribution in [2.75, 3.05) is 13.2 Å². The second kappa shape index (κ2) is 4.20. The molecule has 1 saturated carbocycles. The van der Waals surface area contributed by atoms with Gasteiger partial charge >= 0.3 is 0 Å². The zero-order valence-corrected chi connectivity index (χ0v) is 7.23. The van der Waals surface area contributed by atoms with Crippen LogP contribution in [0.25, 0.3) is 0 Å². The molecule has 2 heteroatoms.